The first-order chi connectivity index (χ1) is 31.4. The Balaban J connectivity index is 1.02. The van der Waals surface area contributed by atoms with Crippen LogP contribution >= 0.6 is 0 Å². The molecule has 0 aromatic carbocycles. The molecule has 0 aromatic rings. The smallest absolute Gasteiger partial charge is 0.315 e. The number of ether oxygens (including phenoxy) is 6. The highest BCUT2D eigenvalue weighted by atomic mass is 16.7. The highest BCUT2D eigenvalue weighted by Gasteiger charge is 2.70. The Morgan fingerprint density at radius 2 is 1.18 bits per heavy atom. The SMILES string of the molecule is CC1(C)CC[C@]2(C(=O)O[C@@H]3O[C@H](CO[C@@H]4O[C@H](CO)[C@@H](O)[C@H](O)[C@H]4O)[C@@H](O)[C@H](O)[C@H]3O)CC[C@@]3(C)C(=CC[C@@H]4[C@@]5(C)CC[C@H](O[C@@H]6O[C@H](CO)[C@@H](O)[C@H](O)[C@H]6O)[C@@](C)(CO)[C@@H]5CC[C@]43C)[C@@H]2C1. The summed E-state index contributed by atoms with van der Waals surface area (Å²) < 4.78 is 35.3. The van der Waals surface area contributed by atoms with Gasteiger partial charge in [0.2, 0.25) is 6.29 Å². The standard InChI is InChI=1S/C48H78O19/c1-43(2)13-15-48(42(61)67-41-38(60)35(57)32(54)26(65-41)20-62-39-36(58)33(55)30(52)24(18-49)63-39)16-14-46(5)22(23(48)17-43)7-8-28-44(3)11-10-29(45(4,21-51)27(44)9-12-47(28,46)6)66-40-37(59)34(56)31(53)25(19-50)64-40/h7,23-41,49-60H,8-21H2,1-6H3/t23-,24+,25+,26+,27+,28+,29-,30+,31+,32+,33-,34-,35-,36+,37+,38+,39+,40-,41-,44-,45-,46-,47+,48-/m0/s1. The fraction of sp³-hybridized carbons (Fsp3) is 0.938. The number of aliphatic hydroxyl groups is 12. The summed E-state index contributed by atoms with van der Waals surface area (Å²) in [6, 6.07) is 0. The minimum absolute atomic E-state index is 0.00115. The molecule has 0 amide bonds. The summed E-state index contributed by atoms with van der Waals surface area (Å²) >= 11 is 0. The van der Waals surface area contributed by atoms with Crippen molar-refractivity contribution in [1.29, 1.82) is 0 Å². The second-order valence-electron chi connectivity index (χ2n) is 23.3. The van der Waals surface area contributed by atoms with Gasteiger partial charge in [0.05, 0.1) is 37.9 Å². The monoisotopic (exact) mass is 959 g/mol. The summed E-state index contributed by atoms with van der Waals surface area (Å²) in [6.45, 7) is 11.5. The van der Waals surface area contributed by atoms with Crippen LogP contribution in [0, 0.1) is 50.2 Å². The fourth-order valence-corrected chi connectivity index (χ4v) is 15.0. The number of esters is 1. The number of allylic oxidation sites excluding steroid dienone is 2. The Kier molecular flexibility index (Phi) is 14.4. The van der Waals surface area contributed by atoms with E-state index in [1.54, 1.807) is 0 Å². The number of hydrogen-bond acceptors (Lipinski definition) is 19. The summed E-state index contributed by atoms with van der Waals surface area (Å²) in [5.74, 6) is -0.614. The predicted octanol–water partition coefficient (Wildman–Crippen LogP) is -0.887. The highest BCUT2D eigenvalue weighted by Crippen LogP contribution is 2.76. The number of carbonyl (C=O) groups is 1. The van der Waals surface area contributed by atoms with Crippen LogP contribution in [0.1, 0.15) is 106 Å². The van der Waals surface area contributed by atoms with Gasteiger partial charge in [0.25, 0.3) is 0 Å². The fourth-order valence-electron chi connectivity index (χ4n) is 15.0. The molecule has 19 heteroatoms. The molecule has 384 valence electrons. The lowest BCUT2D eigenvalue weighted by Gasteiger charge is -2.71. The van der Waals surface area contributed by atoms with Crippen molar-refractivity contribution in [3.8, 4) is 0 Å². The van der Waals surface area contributed by atoms with Gasteiger partial charge in [-0.3, -0.25) is 4.79 Å². The molecular formula is C48H78O19. The van der Waals surface area contributed by atoms with Crippen LogP contribution in [-0.4, -0.2) is 192 Å². The molecule has 8 aliphatic rings. The predicted molar refractivity (Wildman–Crippen MR) is 232 cm³/mol. The molecule has 19 nitrogen and oxygen atoms in total. The number of hydrogen-bond donors (Lipinski definition) is 12. The number of aliphatic hydroxyl groups excluding tert-OH is 12. The van der Waals surface area contributed by atoms with Crippen molar-refractivity contribution in [2.24, 2.45) is 50.2 Å². The third-order valence-electron chi connectivity index (χ3n) is 19.4. The van der Waals surface area contributed by atoms with Crippen LogP contribution in [0.25, 0.3) is 0 Å². The molecule has 0 unspecified atom stereocenters. The van der Waals surface area contributed by atoms with Gasteiger partial charge in [-0.15, -0.1) is 0 Å². The summed E-state index contributed by atoms with van der Waals surface area (Å²) in [7, 11) is 0. The minimum atomic E-state index is -1.82. The van der Waals surface area contributed by atoms with Crippen molar-refractivity contribution in [2.75, 3.05) is 26.4 Å². The molecule has 0 bridgehead atoms. The van der Waals surface area contributed by atoms with Gasteiger partial charge in [0.1, 0.15) is 73.2 Å². The van der Waals surface area contributed by atoms with Gasteiger partial charge < -0.3 is 89.7 Å². The molecule has 3 aliphatic heterocycles. The Morgan fingerprint density at radius 1 is 0.627 bits per heavy atom. The van der Waals surface area contributed by atoms with E-state index < -0.39 is 135 Å². The van der Waals surface area contributed by atoms with Gasteiger partial charge in [0, 0.05) is 5.41 Å². The largest absolute Gasteiger partial charge is 0.432 e. The van der Waals surface area contributed by atoms with Gasteiger partial charge in [0.15, 0.2) is 12.6 Å². The lowest BCUT2D eigenvalue weighted by Crippen LogP contribution is -2.67. The first-order valence-electron chi connectivity index (χ1n) is 24.5. The van der Waals surface area contributed by atoms with Gasteiger partial charge in [-0.2, -0.15) is 0 Å². The van der Waals surface area contributed by atoms with Crippen molar-refractivity contribution in [2.45, 2.75) is 204 Å². The maximum absolute atomic E-state index is 15.0. The average molecular weight is 959 g/mol. The molecule has 7 fully saturated rings. The zero-order valence-electron chi connectivity index (χ0n) is 39.7. The number of rotatable bonds is 10. The molecule has 3 heterocycles. The molecule has 24 atom stereocenters. The van der Waals surface area contributed by atoms with Crippen LogP contribution < -0.4 is 0 Å². The van der Waals surface area contributed by atoms with Crippen LogP contribution in [0.4, 0.5) is 0 Å². The van der Waals surface area contributed by atoms with Crippen molar-refractivity contribution in [3.05, 3.63) is 11.6 Å². The molecule has 0 radical (unpaired) electrons. The van der Waals surface area contributed by atoms with Crippen molar-refractivity contribution >= 4 is 5.97 Å². The van der Waals surface area contributed by atoms with E-state index in [4.69, 9.17) is 28.4 Å². The third-order valence-corrected chi connectivity index (χ3v) is 19.4. The van der Waals surface area contributed by atoms with E-state index in [1.165, 1.54) is 5.57 Å². The maximum atomic E-state index is 15.0. The number of fused-ring (bicyclic) bond motifs is 7. The third kappa shape index (κ3) is 8.19. The molecule has 12 N–H and O–H groups in total. The first kappa shape index (κ1) is 51.9. The first-order valence-corrected chi connectivity index (χ1v) is 24.5. The van der Waals surface area contributed by atoms with E-state index in [0.29, 0.717) is 32.1 Å². The van der Waals surface area contributed by atoms with E-state index in [-0.39, 0.29) is 46.0 Å². The Labute approximate surface area is 392 Å². The van der Waals surface area contributed by atoms with E-state index in [1.807, 2.05) is 6.92 Å². The van der Waals surface area contributed by atoms with Crippen LogP contribution in [0.5, 0.6) is 0 Å². The number of carbonyl (C=O) groups excluding carboxylic acids is 1. The molecule has 5 aliphatic carbocycles. The van der Waals surface area contributed by atoms with Crippen molar-refractivity contribution in [1.82, 2.24) is 0 Å². The summed E-state index contributed by atoms with van der Waals surface area (Å²) in [6.07, 6.45) is -14.9. The van der Waals surface area contributed by atoms with Crippen LogP contribution in [-0.2, 0) is 33.2 Å². The van der Waals surface area contributed by atoms with Gasteiger partial charge in [-0.05, 0) is 104 Å². The molecule has 4 saturated carbocycles. The van der Waals surface area contributed by atoms with E-state index in [2.05, 4.69) is 40.7 Å². The molecule has 67 heavy (non-hydrogen) atoms. The van der Waals surface area contributed by atoms with E-state index in [0.717, 1.165) is 32.1 Å². The zero-order valence-corrected chi connectivity index (χ0v) is 39.7. The van der Waals surface area contributed by atoms with Gasteiger partial charge in [-0.25, -0.2) is 0 Å². The maximum Gasteiger partial charge on any atom is 0.315 e. The lowest BCUT2D eigenvalue weighted by molar-refractivity contribution is -0.333. The van der Waals surface area contributed by atoms with Gasteiger partial charge >= 0.3 is 5.97 Å². The van der Waals surface area contributed by atoms with Crippen LogP contribution in [0.2, 0.25) is 0 Å². The van der Waals surface area contributed by atoms with Crippen molar-refractivity contribution in [3.63, 3.8) is 0 Å². The van der Waals surface area contributed by atoms with Gasteiger partial charge in [-0.1, -0.05) is 53.2 Å². The second kappa shape index (κ2) is 18.5. The van der Waals surface area contributed by atoms with Crippen LogP contribution in [0.15, 0.2) is 11.6 Å². The minimum Gasteiger partial charge on any atom is -0.432 e. The molecule has 0 spiro atoms. The van der Waals surface area contributed by atoms with Crippen LogP contribution in [0.3, 0.4) is 0 Å². The lowest BCUT2D eigenvalue weighted by atomic mass is 9.33. The normalized spacial score (nSPS) is 54.1. The zero-order chi connectivity index (χ0) is 49.0. The molecule has 0 aromatic heterocycles. The van der Waals surface area contributed by atoms with Crippen molar-refractivity contribution < 1.29 is 94.5 Å². The Bertz CT molecular complexity index is 1810. The quantitative estimate of drug-likeness (QED) is 0.0718. The second-order valence-corrected chi connectivity index (χ2v) is 23.3. The summed E-state index contributed by atoms with van der Waals surface area (Å²) in [5, 5.41) is 126. The summed E-state index contributed by atoms with van der Waals surface area (Å²) in [5.41, 5.74) is -1.47. The molecule has 8 rings (SSSR count). The topological polar surface area (TPSA) is 315 Å². The Hall–Kier alpha value is -1.47. The summed E-state index contributed by atoms with van der Waals surface area (Å²) in [4.78, 5) is 15.0. The average Bonchev–Trinajstić information content (AvgIpc) is 3.29. The van der Waals surface area contributed by atoms with E-state index >= 15 is 0 Å². The van der Waals surface area contributed by atoms with E-state index in [9.17, 15) is 66.1 Å². The molecular weight excluding hydrogens is 881 g/mol. The highest BCUT2D eigenvalue weighted by molar-refractivity contribution is 5.79. The Morgan fingerprint density at radius 3 is 1.79 bits per heavy atom. The molecule has 3 saturated heterocycles.